The summed E-state index contributed by atoms with van der Waals surface area (Å²) in [5.41, 5.74) is 2.13. The maximum atomic E-state index is 13.3. The van der Waals surface area contributed by atoms with E-state index in [1.807, 2.05) is 13.1 Å². The van der Waals surface area contributed by atoms with Gasteiger partial charge in [0.05, 0.1) is 6.04 Å². The largest absolute Gasteiger partial charge is 0.362 e. The number of rotatable bonds is 2. The molecule has 0 saturated carbocycles. The Bertz CT molecular complexity index is 673. The highest BCUT2D eigenvalue weighted by molar-refractivity contribution is 5.96. The summed E-state index contributed by atoms with van der Waals surface area (Å²) in [5, 5.41) is 15.5. The topological polar surface area (TPSA) is 53.7 Å². The van der Waals surface area contributed by atoms with Gasteiger partial charge in [-0.3, -0.25) is 10.1 Å². The van der Waals surface area contributed by atoms with Gasteiger partial charge in [0.2, 0.25) is 0 Å². The Balaban J connectivity index is 1.89. The van der Waals surface area contributed by atoms with Crippen LogP contribution in [0.3, 0.4) is 0 Å². The molecule has 2 heterocycles. The van der Waals surface area contributed by atoms with Gasteiger partial charge >= 0.3 is 0 Å². The zero-order valence-electron chi connectivity index (χ0n) is 11.7. The first-order chi connectivity index (χ1) is 10.1. The van der Waals surface area contributed by atoms with E-state index in [1.54, 1.807) is 4.68 Å². The zero-order chi connectivity index (χ0) is 15.0. The van der Waals surface area contributed by atoms with Gasteiger partial charge in [-0.25, -0.2) is 8.78 Å². The first-order valence-corrected chi connectivity index (χ1v) is 6.94. The van der Waals surface area contributed by atoms with Crippen LogP contribution in [0.4, 0.5) is 8.78 Å². The molecule has 21 heavy (non-hydrogen) atoms. The van der Waals surface area contributed by atoms with E-state index < -0.39 is 11.6 Å². The summed E-state index contributed by atoms with van der Waals surface area (Å²) in [5.74, 6) is -1.00. The molecule has 1 aliphatic rings. The number of benzene rings is 1. The third-order valence-electron chi connectivity index (χ3n) is 3.71. The molecule has 110 valence electrons. The lowest BCUT2D eigenvalue weighted by Crippen LogP contribution is -2.27. The molecule has 0 saturated heterocycles. The molecule has 1 unspecified atom stereocenters. The number of nitrogens with one attached hydrogen (secondary N) is 2. The van der Waals surface area contributed by atoms with Crippen molar-refractivity contribution in [3.8, 4) is 0 Å². The van der Waals surface area contributed by atoms with Crippen LogP contribution >= 0.6 is 0 Å². The monoisotopic (exact) mass is 290 g/mol. The summed E-state index contributed by atoms with van der Waals surface area (Å²) in [6.07, 6.45) is 3.31. The number of hydrogen-bond acceptors (Lipinski definition) is 2. The molecule has 2 N–H and O–H groups in total. The Morgan fingerprint density at radius 3 is 2.71 bits per heavy atom. The maximum absolute atomic E-state index is 13.3. The molecule has 1 aliphatic heterocycles. The van der Waals surface area contributed by atoms with E-state index in [1.165, 1.54) is 12.1 Å². The first-order valence-electron chi connectivity index (χ1n) is 6.94. The summed E-state index contributed by atoms with van der Waals surface area (Å²) in [6.45, 7) is 2.74. The van der Waals surface area contributed by atoms with E-state index >= 15 is 0 Å². The highest BCUT2D eigenvalue weighted by Gasteiger charge is 2.23. The number of nitrogens with zero attached hydrogens (tertiary/aromatic N) is 2. The third kappa shape index (κ3) is 2.66. The van der Waals surface area contributed by atoms with Crippen LogP contribution in [0.15, 0.2) is 24.4 Å². The van der Waals surface area contributed by atoms with Crippen LogP contribution in [-0.4, -0.2) is 15.6 Å². The SMILES string of the molecule is CCn1cc2c(n1)C(=N)NC(c1cc(F)cc(F)c1)CC2. The molecule has 0 amide bonds. The second kappa shape index (κ2) is 5.27. The van der Waals surface area contributed by atoms with E-state index in [0.29, 0.717) is 24.1 Å². The predicted molar refractivity (Wildman–Crippen MR) is 75.3 cm³/mol. The van der Waals surface area contributed by atoms with Gasteiger partial charge in [-0.15, -0.1) is 0 Å². The summed E-state index contributed by atoms with van der Waals surface area (Å²) in [6, 6.07) is 3.19. The fourth-order valence-electron chi connectivity index (χ4n) is 2.66. The van der Waals surface area contributed by atoms with Gasteiger partial charge in [0.1, 0.15) is 23.2 Å². The Morgan fingerprint density at radius 1 is 1.33 bits per heavy atom. The minimum Gasteiger partial charge on any atom is -0.362 e. The molecule has 1 aromatic heterocycles. The minimum absolute atomic E-state index is 0.198. The number of hydrogen-bond donors (Lipinski definition) is 2. The molecule has 0 spiro atoms. The standard InChI is InChI=1S/C15H16F2N4/c1-2-21-8-9-3-4-13(19-15(18)14(9)20-21)10-5-11(16)7-12(17)6-10/h5-8,13H,2-4H2,1H3,(H2,18,19). The number of aryl methyl sites for hydroxylation is 2. The summed E-state index contributed by atoms with van der Waals surface area (Å²) in [4.78, 5) is 0. The van der Waals surface area contributed by atoms with Gasteiger partial charge in [-0.1, -0.05) is 0 Å². The fraction of sp³-hybridized carbons (Fsp3) is 0.333. The van der Waals surface area contributed by atoms with E-state index in [2.05, 4.69) is 10.4 Å². The van der Waals surface area contributed by atoms with Crippen molar-refractivity contribution < 1.29 is 8.78 Å². The van der Waals surface area contributed by atoms with Crippen LogP contribution in [0.2, 0.25) is 0 Å². The van der Waals surface area contributed by atoms with Crippen LogP contribution in [0.5, 0.6) is 0 Å². The first kappa shape index (κ1) is 13.7. The van der Waals surface area contributed by atoms with E-state index in [4.69, 9.17) is 5.41 Å². The molecular formula is C15H16F2N4. The molecule has 1 atom stereocenters. The van der Waals surface area contributed by atoms with Gasteiger partial charge in [0.25, 0.3) is 0 Å². The van der Waals surface area contributed by atoms with Gasteiger partial charge in [-0.2, -0.15) is 5.10 Å². The van der Waals surface area contributed by atoms with Crippen LogP contribution in [0.25, 0.3) is 0 Å². The molecule has 2 aromatic rings. The number of halogens is 2. The summed E-state index contributed by atoms with van der Waals surface area (Å²) < 4.78 is 28.5. The highest BCUT2D eigenvalue weighted by atomic mass is 19.1. The number of aromatic nitrogens is 2. The van der Waals surface area contributed by atoms with Crippen molar-refractivity contribution in [3.05, 3.63) is 52.9 Å². The molecule has 0 bridgehead atoms. The van der Waals surface area contributed by atoms with Crippen molar-refractivity contribution in [2.45, 2.75) is 32.4 Å². The molecular weight excluding hydrogens is 274 g/mol. The van der Waals surface area contributed by atoms with Gasteiger partial charge in [0.15, 0.2) is 0 Å². The molecule has 0 aliphatic carbocycles. The van der Waals surface area contributed by atoms with Crippen molar-refractivity contribution >= 4 is 5.84 Å². The molecule has 4 nitrogen and oxygen atoms in total. The van der Waals surface area contributed by atoms with Crippen LogP contribution in [-0.2, 0) is 13.0 Å². The Labute approximate surface area is 121 Å². The van der Waals surface area contributed by atoms with Crippen molar-refractivity contribution in [1.82, 2.24) is 15.1 Å². The van der Waals surface area contributed by atoms with Gasteiger partial charge < -0.3 is 5.32 Å². The lowest BCUT2D eigenvalue weighted by molar-refractivity contribution is 0.553. The quantitative estimate of drug-likeness (QED) is 0.893. The van der Waals surface area contributed by atoms with Crippen molar-refractivity contribution in [2.75, 3.05) is 0 Å². The lowest BCUT2D eigenvalue weighted by Gasteiger charge is -2.17. The minimum atomic E-state index is -0.600. The normalized spacial score (nSPS) is 18.0. The second-order valence-corrected chi connectivity index (χ2v) is 5.17. The number of fused-ring (bicyclic) bond motifs is 1. The second-order valence-electron chi connectivity index (χ2n) is 5.17. The zero-order valence-corrected chi connectivity index (χ0v) is 11.7. The average molecular weight is 290 g/mol. The Kier molecular flexibility index (Phi) is 3.45. The molecule has 6 heteroatoms. The van der Waals surface area contributed by atoms with Crippen molar-refractivity contribution in [2.24, 2.45) is 0 Å². The van der Waals surface area contributed by atoms with Crippen LogP contribution in [0.1, 0.15) is 36.2 Å². The number of amidine groups is 1. The third-order valence-corrected chi connectivity index (χ3v) is 3.71. The molecule has 0 radical (unpaired) electrons. The lowest BCUT2D eigenvalue weighted by atomic mass is 10.0. The Morgan fingerprint density at radius 2 is 2.05 bits per heavy atom. The van der Waals surface area contributed by atoms with Crippen molar-refractivity contribution in [3.63, 3.8) is 0 Å². The smallest absolute Gasteiger partial charge is 0.147 e. The Hall–Kier alpha value is -2.24. The highest BCUT2D eigenvalue weighted by Crippen LogP contribution is 2.25. The summed E-state index contributed by atoms with van der Waals surface area (Å²) >= 11 is 0. The molecule has 3 rings (SSSR count). The molecule has 0 fully saturated rings. The average Bonchev–Trinajstić information content (AvgIpc) is 2.79. The van der Waals surface area contributed by atoms with Crippen LogP contribution < -0.4 is 5.32 Å². The van der Waals surface area contributed by atoms with E-state index in [0.717, 1.165) is 18.2 Å². The van der Waals surface area contributed by atoms with Crippen LogP contribution in [0, 0.1) is 17.0 Å². The van der Waals surface area contributed by atoms with Gasteiger partial charge in [0, 0.05) is 24.4 Å². The van der Waals surface area contributed by atoms with Gasteiger partial charge in [-0.05, 0) is 37.5 Å². The fourth-order valence-corrected chi connectivity index (χ4v) is 2.66. The summed E-state index contributed by atoms with van der Waals surface area (Å²) in [7, 11) is 0. The predicted octanol–water partition coefficient (Wildman–Crippen LogP) is 2.78. The van der Waals surface area contributed by atoms with Crippen molar-refractivity contribution in [1.29, 1.82) is 5.41 Å². The van der Waals surface area contributed by atoms with E-state index in [9.17, 15) is 8.78 Å². The maximum Gasteiger partial charge on any atom is 0.147 e. The van der Waals surface area contributed by atoms with E-state index in [-0.39, 0.29) is 11.9 Å². The molecule has 1 aromatic carbocycles.